The molecule has 0 spiro atoms. The third-order valence-electron chi connectivity index (χ3n) is 4.68. The number of H-pyrrole nitrogens is 1. The summed E-state index contributed by atoms with van der Waals surface area (Å²) in [5, 5.41) is 13.3. The first kappa shape index (κ1) is 17.7. The molecule has 0 aliphatic heterocycles. The maximum absolute atomic E-state index is 6.38. The molecule has 0 aliphatic carbocycles. The van der Waals surface area contributed by atoms with Gasteiger partial charge in [0.25, 0.3) is 0 Å². The van der Waals surface area contributed by atoms with Gasteiger partial charge in [-0.1, -0.05) is 48.0 Å². The maximum atomic E-state index is 6.38. The van der Waals surface area contributed by atoms with E-state index in [4.69, 9.17) is 23.8 Å². The molecule has 27 heavy (non-hydrogen) atoms. The third kappa shape index (κ3) is 3.22. The molecule has 136 valence electrons. The van der Waals surface area contributed by atoms with E-state index in [-0.39, 0.29) is 0 Å². The van der Waals surface area contributed by atoms with Crippen molar-refractivity contribution in [3.8, 4) is 0 Å². The normalized spacial score (nSPS) is 11.7. The van der Waals surface area contributed by atoms with Gasteiger partial charge in [-0.2, -0.15) is 14.9 Å². The quantitative estimate of drug-likeness (QED) is 0.386. The van der Waals surface area contributed by atoms with Gasteiger partial charge in [-0.25, -0.2) is 0 Å². The smallest absolute Gasteiger partial charge is 0.216 e. The van der Waals surface area contributed by atoms with Crippen LogP contribution in [0.3, 0.4) is 0 Å². The van der Waals surface area contributed by atoms with E-state index in [2.05, 4.69) is 45.0 Å². The van der Waals surface area contributed by atoms with Gasteiger partial charge in [0.2, 0.25) is 4.77 Å². The molecular formula is C20H18ClN5S. The van der Waals surface area contributed by atoms with Gasteiger partial charge in [-0.15, -0.1) is 0 Å². The fraction of sp³-hybridized carbons (Fsp3) is 0.150. The Kier molecular flexibility index (Phi) is 4.68. The SMILES string of the molecule is Cc1n[nH]c(=S)n1/N=C\c1c(C)n(Cc2ccccc2Cl)c2ccccc12. The van der Waals surface area contributed by atoms with Gasteiger partial charge in [0.15, 0.2) is 0 Å². The summed E-state index contributed by atoms with van der Waals surface area (Å²) in [6.07, 6.45) is 1.85. The van der Waals surface area contributed by atoms with Crippen LogP contribution < -0.4 is 0 Å². The molecule has 0 aliphatic rings. The molecule has 2 heterocycles. The minimum atomic E-state index is 0.473. The predicted molar refractivity (Wildman–Crippen MR) is 112 cm³/mol. The zero-order chi connectivity index (χ0) is 19.0. The molecule has 7 heteroatoms. The summed E-state index contributed by atoms with van der Waals surface area (Å²) in [5.41, 5.74) is 4.40. The average Bonchev–Trinajstić information content (AvgIpc) is 3.12. The molecule has 0 bridgehead atoms. The van der Waals surface area contributed by atoms with Crippen molar-refractivity contribution in [1.82, 2.24) is 19.4 Å². The molecule has 0 saturated carbocycles. The molecule has 2 aromatic heterocycles. The van der Waals surface area contributed by atoms with Gasteiger partial charge < -0.3 is 4.57 Å². The van der Waals surface area contributed by atoms with E-state index < -0.39 is 0 Å². The van der Waals surface area contributed by atoms with Gasteiger partial charge in [-0.05, 0) is 43.8 Å². The molecule has 2 aromatic carbocycles. The Morgan fingerprint density at radius 1 is 1.15 bits per heavy atom. The van der Waals surface area contributed by atoms with Crippen LogP contribution in [0.15, 0.2) is 53.6 Å². The molecule has 0 saturated heterocycles. The first-order valence-electron chi connectivity index (χ1n) is 8.56. The third-order valence-corrected chi connectivity index (χ3v) is 5.31. The lowest BCUT2D eigenvalue weighted by molar-refractivity contribution is 0.802. The van der Waals surface area contributed by atoms with E-state index in [0.29, 0.717) is 17.1 Å². The van der Waals surface area contributed by atoms with Crippen molar-refractivity contribution in [1.29, 1.82) is 0 Å². The number of rotatable bonds is 4. The number of hydrogen-bond donors (Lipinski definition) is 1. The Morgan fingerprint density at radius 3 is 2.63 bits per heavy atom. The van der Waals surface area contributed by atoms with Gasteiger partial charge in [0.05, 0.1) is 6.21 Å². The van der Waals surface area contributed by atoms with Gasteiger partial charge >= 0.3 is 0 Å². The first-order valence-corrected chi connectivity index (χ1v) is 9.34. The zero-order valence-electron chi connectivity index (χ0n) is 15.0. The lowest BCUT2D eigenvalue weighted by Gasteiger charge is -2.10. The Bertz CT molecular complexity index is 1210. The van der Waals surface area contributed by atoms with Crippen LogP contribution in [0.25, 0.3) is 10.9 Å². The Labute approximate surface area is 166 Å². The van der Waals surface area contributed by atoms with Crippen LogP contribution in [0.4, 0.5) is 0 Å². The number of hydrogen-bond acceptors (Lipinski definition) is 3. The minimum Gasteiger partial charge on any atom is -0.340 e. The van der Waals surface area contributed by atoms with E-state index in [1.165, 1.54) is 0 Å². The summed E-state index contributed by atoms with van der Waals surface area (Å²) in [5.74, 6) is 0.716. The Morgan fingerprint density at radius 2 is 1.89 bits per heavy atom. The molecule has 5 nitrogen and oxygen atoms in total. The van der Waals surface area contributed by atoms with E-state index >= 15 is 0 Å². The number of benzene rings is 2. The van der Waals surface area contributed by atoms with Crippen molar-refractivity contribution in [3.05, 3.63) is 81.0 Å². The Balaban J connectivity index is 1.84. The van der Waals surface area contributed by atoms with Crippen LogP contribution in [0.5, 0.6) is 0 Å². The van der Waals surface area contributed by atoms with Crippen molar-refractivity contribution in [3.63, 3.8) is 0 Å². The predicted octanol–water partition coefficient (Wildman–Crippen LogP) is 5.10. The number of para-hydroxylation sites is 1. The largest absolute Gasteiger partial charge is 0.340 e. The number of aryl methyl sites for hydroxylation is 1. The number of halogens is 1. The second kappa shape index (κ2) is 7.13. The van der Waals surface area contributed by atoms with Crippen LogP contribution in [0.2, 0.25) is 5.02 Å². The summed E-state index contributed by atoms with van der Waals surface area (Å²) in [4.78, 5) is 0. The first-order chi connectivity index (χ1) is 13.1. The molecule has 0 radical (unpaired) electrons. The van der Waals surface area contributed by atoms with Gasteiger partial charge in [0.1, 0.15) is 5.82 Å². The second-order valence-corrected chi connectivity index (χ2v) is 7.12. The van der Waals surface area contributed by atoms with Gasteiger partial charge in [0, 0.05) is 33.7 Å². The van der Waals surface area contributed by atoms with E-state index in [1.54, 1.807) is 4.68 Å². The summed E-state index contributed by atoms with van der Waals surface area (Å²) in [6, 6.07) is 16.2. The van der Waals surface area contributed by atoms with E-state index in [9.17, 15) is 0 Å². The lowest BCUT2D eigenvalue weighted by atomic mass is 10.1. The fourth-order valence-corrected chi connectivity index (χ4v) is 3.66. The van der Waals surface area contributed by atoms with Crippen LogP contribution >= 0.6 is 23.8 Å². The zero-order valence-corrected chi connectivity index (χ0v) is 16.6. The maximum Gasteiger partial charge on any atom is 0.216 e. The monoisotopic (exact) mass is 395 g/mol. The highest BCUT2D eigenvalue weighted by Crippen LogP contribution is 2.27. The number of nitrogens with one attached hydrogen (secondary N) is 1. The number of aromatic amines is 1. The molecular weight excluding hydrogens is 378 g/mol. The molecule has 4 rings (SSSR count). The highest BCUT2D eigenvalue weighted by molar-refractivity contribution is 7.71. The average molecular weight is 396 g/mol. The molecule has 0 unspecified atom stereocenters. The highest BCUT2D eigenvalue weighted by atomic mass is 35.5. The van der Waals surface area contributed by atoms with Crippen LogP contribution in [0, 0.1) is 18.6 Å². The van der Waals surface area contributed by atoms with E-state index in [0.717, 1.165) is 32.7 Å². The molecule has 0 atom stereocenters. The van der Waals surface area contributed by atoms with Crippen molar-refractivity contribution >= 4 is 40.9 Å². The molecule has 4 aromatic rings. The molecule has 0 fully saturated rings. The van der Waals surface area contributed by atoms with Crippen molar-refractivity contribution in [2.24, 2.45) is 5.10 Å². The van der Waals surface area contributed by atoms with Crippen molar-refractivity contribution < 1.29 is 0 Å². The standard InChI is InChI=1S/C20H18ClN5S/c1-13-17(11-22-26-14(2)23-24-20(26)27)16-8-4-6-10-19(16)25(13)12-15-7-3-5-9-18(15)21/h3-11H,12H2,1-2H3,(H,24,27)/b22-11-. The number of nitrogens with zero attached hydrogens (tertiary/aromatic N) is 4. The van der Waals surface area contributed by atoms with Crippen molar-refractivity contribution in [2.75, 3.05) is 0 Å². The fourth-order valence-electron chi connectivity index (χ4n) is 3.24. The lowest BCUT2D eigenvalue weighted by Crippen LogP contribution is -2.03. The van der Waals surface area contributed by atoms with Gasteiger partial charge in [-0.3, -0.25) is 5.10 Å². The Hall–Kier alpha value is -2.70. The van der Waals surface area contributed by atoms with Crippen LogP contribution in [-0.4, -0.2) is 25.7 Å². The topological polar surface area (TPSA) is 50.9 Å². The molecule has 1 N–H and O–H groups in total. The summed E-state index contributed by atoms with van der Waals surface area (Å²) >= 11 is 11.6. The number of fused-ring (bicyclic) bond motifs is 1. The molecule has 0 amide bonds. The van der Waals surface area contributed by atoms with Crippen LogP contribution in [-0.2, 0) is 6.54 Å². The van der Waals surface area contributed by atoms with Crippen LogP contribution in [0.1, 0.15) is 22.6 Å². The minimum absolute atomic E-state index is 0.473. The highest BCUT2D eigenvalue weighted by Gasteiger charge is 2.14. The second-order valence-electron chi connectivity index (χ2n) is 6.33. The summed E-state index contributed by atoms with van der Waals surface area (Å²) < 4.78 is 4.36. The van der Waals surface area contributed by atoms with Crippen molar-refractivity contribution in [2.45, 2.75) is 20.4 Å². The number of aromatic nitrogens is 4. The van der Waals surface area contributed by atoms with E-state index in [1.807, 2.05) is 43.5 Å². The summed E-state index contributed by atoms with van der Waals surface area (Å²) in [6.45, 7) is 4.65. The summed E-state index contributed by atoms with van der Waals surface area (Å²) in [7, 11) is 0.